The van der Waals surface area contributed by atoms with Crippen LogP contribution in [0.25, 0.3) is 0 Å². The first-order valence-corrected chi connectivity index (χ1v) is 5.20. The predicted octanol–water partition coefficient (Wildman–Crippen LogP) is 1.38. The molecule has 1 atom stereocenters. The molecule has 0 bridgehead atoms. The van der Waals surface area contributed by atoms with Gasteiger partial charge in [0.1, 0.15) is 11.9 Å². The Balaban J connectivity index is 2.35. The van der Waals surface area contributed by atoms with Crippen LogP contribution in [-0.4, -0.2) is 19.9 Å². The lowest BCUT2D eigenvalue weighted by atomic mass is 9.76. The Labute approximate surface area is 89.6 Å². The van der Waals surface area contributed by atoms with E-state index in [2.05, 4.69) is 30.1 Å². The Kier molecular flexibility index (Phi) is 2.19. The van der Waals surface area contributed by atoms with Crippen molar-refractivity contribution in [1.29, 1.82) is 0 Å². The molecule has 1 aromatic heterocycles. The van der Waals surface area contributed by atoms with Gasteiger partial charge in [-0.15, -0.1) is 10.2 Å². The third-order valence-electron chi connectivity index (χ3n) is 3.06. The van der Waals surface area contributed by atoms with E-state index >= 15 is 0 Å². The molecule has 1 aliphatic rings. The monoisotopic (exact) mass is 207 g/mol. The van der Waals surface area contributed by atoms with Crippen molar-refractivity contribution in [1.82, 2.24) is 14.8 Å². The summed E-state index contributed by atoms with van der Waals surface area (Å²) in [7, 11) is 1.85. The molecule has 2 rings (SSSR count). The molecule has 0 aliphatic heterocycles. The van der Waals surface area contributed by atoms with Gasteiger partial charge in [0.2, 0.25) is 0 Å². The number of allylic oxidation sites excluding steroid dienone is 1. The van der Waals surface area contributed by atoms with Crippen molar-refractivity contribution in [2.75, 3.05) is 0 Å². The van der Waals surface area contributed by atoms with Gasteiger partial charge in [-0.05, 0) is 24.3 Å². The number of rotatable bonds is 1. The van der Waals surface area contributed by atoms with Crippen molar-refractivity contribution in [3.05, 3.63) is 24.3 Å². The zero-order valence-corrected chi connectivity index (χ0v) is 9.44. The largest absolute Gasteiger partial charge is 0.378 e. The van der Waals surface area contributed by atoms with Gasteiger partial charge in [0.25, 0.3) is 0 Å². The van der Waals surface area contributed by atoms with Gasteiger partial charge in [-0.1, -0.05) is 19.9 Å². The Morgan fingerprint density at radius 1 is 1.33 bits per heavy atom. The van der Waals surface area contributed by atoms with Gasteiger partial charge in [0, 0.05) is 7.05 Å². The molecule has 1 aromatic rings. The second-order valence-electron chi connectivity index (χ2n) is 5.01. The Bertz CT molecular complexity index is 394. The van der Waals surface area contributed by atoms with Crippen LogP contribution in [0.15, 0.2) is 18.5 Å². The highest BCUT2D eigenvalue weighted by molar-refractivity contribution is 5.18. The van der Waals surface area contributed by atoms with Crippen LogP contribution in [0.4, 0.5) is 0 Å². The summed E-state index contributed by atoms with van der Waals surface area (Å²) in [4.78, 5) is 0. The number of hydrogen-bond acceptors (Lipinski definition) is 3. The molecular weight excluding hydrogens is 190 g/mol. The van der Waals surface area contributed by atoms with E-state index in [1.54, 1.807) is 10.9 Å². The summed E-state index contributed by atoms with van der Waals surface area (Å²) >= 11 is 0. The van der Waals surface area contributed by atoms with E-state index in [0.717, 1.165) is 6.42 Å². The highest BCUT2D eigenvalue weighted by atomic mass is 16.3. The van der Waals surface area contributed by atoms with Crippen LogP contribution < -0.4 is 0 Å². The summed E-state index contributed by atoms with van der Waals surface area (Å²) in [5, 5.41) is 18.2. The van der Waals surface area contributed by atoms with Crippen LogP contribution in [0.3, 0.4) is 0 Å². The minimum atomic E-state index is -0.944. The van der Waals surface area contributed by atoms with E-state index in [1.165, 1.54) is 0 Å². The molecule has 1 aliphatic carbocycles. The van der Waals surface area contributed by atoms with Crippen molar-refractivity contribution in [3.63, 3.8) is 0 Å². The zero-order valence-electron chi connectivity index (χ0n) is 9.44. The second kappa shape index (κ2) is 3.17. The maximum absolute atomic E-state index is 10.4. The van der Waals surface area contributed by atoms with E-state index in [4.69, 9.17) is 0 Å². The molecule has 15 heavy (non-hydrogen) atoms. The van der Waals surface area contributed by atoms with Crippen LogP contribution >= 0.6 is 0 Å². The van der Waals surface area contributed by atoms with Gasteiger partial charge in [0.15, 0.2) is 5.82 Å². The minimum Gasteiger partial charge on any atom is -0.378 e. The van der Waals surface area contributed by atoms with E-state index in [1.807, 2.05) is 13.1 Å². The lowest BCUT2D eigenvalue weighted by Gasteiger charge is -2.33. The normalized spacial score (nSPS) is 29.3. The standard InChI is InChI=1S/C11H17N3O/c1-10(2)4-6-11(15,7-5-10)9-13-12-8-14(9)3/h4,6,8,15H,5,7H2,1-3H3. The summed E-state index contributed by atoms with van der Waals surface area (Å²) < 4.78 is 1.77. The third kappa shape index (κ3) is 1.81. The number of aryl methyl sites for hydroxylation is 1. The molecular formula is C11H17N3O. The molecule has 0 saturated heterocycles. The molecule has 1 N–H and O–H groups in total. The topological polar surface area (TPSA) is 50.9 Å². The van der Waals surface area contributed by atoms with Gasteiger partial charge in [-0.3, -0.25) is 0 Å². The summed E-state index contributed by atoms with van der Waals surface area (Å²) in [5.41, 5.74) is -0.772. The first-order chi connectivity index (χ1) is 6.93. The van der Waals surface area contributed by atoms with Crippen LogP contribution in [0, 0.1) is 5.41 Å². The average molecular weight is 207 g/mol. The molecule has 0 radical (unpaired) electrons. The zero-order chi connectivity index (χ0) is 11.1. The van der Waals surface area contributed by atoms with Crippen LogP contribution in [0.5, 0.6) is 0 Å². The van der Waals surface area contributed by atoms with E-state index in [0.29, 0.717) is 12.2 Å². The SMILES string of the molecule is Cn1cnnc1C1(O)C=CC(C)(C)CC1. The highest BCUT2D eigenvalue weighted by Crippen LogP contribution is 2.38. The Morgan fingerprint density at radius 3 is 2.53 bits per heavy atom. The van der Waals surface area contributed by atoms with Crippen molar-refractivity contribution in [2.45, 2.75) is 32.3 Å². The van der Waals surface area contributed by atoms with E-state index in [-0.39, 0.29) is 5.41 Å². The van der Waals surface area contributed by atoms with E-state index < -0.39 is 5.60 Å². The summed E-state index contributed by atoms with van der Waals surface area (Å²) in [5.74, 6) is 0.620. The van der Waals surface area contributed by atoms with Gasteiger partial charge >= 0.3 is 0 Å². The van der Waals surface area contributed by atoms with Crippen LogP contribution in [-0.2, 0) is 12.6 Å². The van der Waals surface area contributed by atoms with Gasteiger partial charge < -0.3 is 9.67 Å². The van der Waals surface area contributed by atoms with Crippen LogP contribution in [0.1, 0.15) is 32.5 Å². The lowest BCUT2D eigenvalue weighted by molar-refractivity contribution is 0.0465. The summed E-state index contributed by atoms with van der Waals surface area (Å²) in [6, 6.07) is 0. The molecule has 0 saturated carbocycles. The summed E-state index contributed by atoms with van der Waals surface area (Å²) in [6.07, 6.45) is 7.17. The second-order valence-corrected chi connectivity index (χ2v) is 5.01. The summed E-state index contributed by atoms with van der Waals surface area (Å²) in [6.45, 7) is 4.33. The average Bonchev–Trinajstić information content (AvgIpc) is 2.58. The fourth-order valence-electron chi connectivity index (χ4n) is 1.90. The van der Waals surface area contributed by atoms with E-state index in [9.17, 15) is 5.11 Å². The first kappa shape index (κ1) is 10.4. The van der Waals surface area contributed by atoms with Gasteiger partial charge in [0.05, 0.1) is 0 Å². The molecule has 1 heterocycles. The first-order valence-electron chi connectivity index (χ1n) is 5.20. The molecule has 4 nitrogen and oxygen atoms in total. The minimum absolute atomic E-state index is 0.171. The Morgan fingerprint density at radius 2 is 2.07 bits per heavy atom. The third-order valence-corrected chi connectivity index (χ3v) is 3.06. The number of nitrogens with zero attached hydrogens (tertiary/aromatic N) is 3. The quantitative estimate of drug-likeness (QED) is 0.708. The highest BCUT2D eigenvalue weighted by Gasteiger charge is 2.36. The van der Waals surface area contributed by atoms with Gasteiger partial charge in [-0.2, -0.15) is 0 Å². The Hall–Kier alpha value is -1.16. The smallest absolute Gasteiger partial charge is 0.168 e. The fourth-order valence-corrected chi connectivity index (χ4v) is 1.90. The lowest BCUT2D eigenvalue weighted by Crippen LogP contribution is -2.32. The van der Waals surface area contributed by atoms with Crippen molar-refractivity contribution < 1.29 is 5.11 Å². The maximum atomic E-state index is 10.4. The van der Waals surface area contributed by atoms with Crippen molar-refractivity contribution in [3.8, 4) is 0 Å². The number of aliphatic hydroxyl groups is 1. The molecule has 82 valence electrons. The maximum Gasteiger partial charge on any atom is 0.168 e. The van der Waals surface area contributed by atoms with Crippen LogP contribution in [0.2, 0.25) is 0 Å². The predicted molar refractivity (Wildman–Crippen MR) is 57.1 cm³/mol. The number of aromatic nitrogens is 3. The molecule has 0 amide bonds. The van der Waals surface area contributed by atoms with Gasteiger partial charge in [-0.25, -0.2) is 0 Å². The molecule has 1 unspecified atom stereocenters. The molecule has 0 aromatic carbocycles. The number of hydrogen-bond donors (Lipinski definition) is 1. The fraction of sp³-hybridized carbons (Fsp3) is 0.636. The van der Waals surface area contributed by atoms with Crippen molar-refractivity contribution in [2.24, 2.45) is 12.5 Å². The molecule has 0 spiro atoms. The molecule has 0 fully saturated rings. The van der Waals surface area contributed by atoms with Crippen molar-refractivity contribution >= 4 is 0 Å². The molecule has 4 heteroatoms.